The molecular formula is C14H28N2O2. The second-order valence-electron chi connectivity index (χ2n) is 3.36. The second kappa shape index (κ2) is 18.0. The molecule has 0 unspecified atom stereocenters. The van der Waals surface area contributed by atoms with E-state index in [4.69, 9.17) is 10.5 Å². The topological polar surface area (TPSA) is 72.2 Å². The largest absolute Gasteiger partial charge is 0.356 e. The Morgan fingerprint density at radius 1 is 1.50 bits per heavy atom. The Hall–Kier alpha value is -1.42. The highest BCUT2D eigenvalue weighted by Crippen LogP contribution is 2.05. The number of amides is 1. The summed E-state index contributed by atoms with van der Waals surface area (Å²) in [6, 6.07) is 0. The molecule has 0 aromatic rings. The minimum atomic E-state index is 0.0926. The van der Waals surface area contributed by atoms with E-state index in [-0.39, 0.29) is 11.8 Å². The van der Waals surface area contributed by atoms with Gasteiger partial charge in [0.15, 0.2) is 0 Å². The van der Waals surface area contributed by atoms with Crippen LogP contribution in [0.2, 0.25) is 0 Å². The van der Waals surface area contributed by atoms with E-state index in [1.165, 1.54) is 0 Å². The van der Waals surface area contributed by atoms with E-state index in [0.29, 0.717) is 6.54 Å². The highest BCUT2D eigenvalue weighted by molar-refractivity contribution is 5.80. The van der Waals surface area contributed by atoms with Gasteiger partial charge >= 0.3 is 0 Å². The molecule has 4 nitrogen and oxygen atoms in total. The van der Waals surface area contributed by atoms with Crippen molar-refractivity contribution in [3.63, 3.8) is 0 Å². The maximum absolute atomic E-state index is 10.6. The van der Waals surface area contributed by atoms with E-state index in [1.807, 2.05) is 46.6 Å². The fraction of sp³-hybridized carbons (Fsp3) is 0.571. The molecule has 3 N–H and O–H groups in total. The number of nitrogens with one attached hydrogen (secondary N) is 1. The first kappa shape index (κ1) is 21.8. The number of rotatable bonds is 2. The number of hydrogen-bond donors (Lipinski definition) is 2. The Morgan fingerprint density at radius 2 is 2.00 bits per heavy atom. The van der Waals surface area contributed by atoms with Crippen LogP contribution in [-0.4, -0.2) is 25.8 Å². The quantitative estimate of drug-likeness (QED) is 0.743. The minimum absolute atomic E-state index is 0.0926. The molecule has 1 atom stereocenters. The molecule has 1 rings (SSSR count). The zero-order valence-corrected chi connectivity index (χ0v) is 12.2. The summed E-state index contributed by atoms with van der Waals surface area (Å²) < 4.78 is 0. The monoisotopic (exact) mass is 256 g/mol. The van der Waals surface area contributed by atoms with Gasteiger partial charge in [-0.25, -0.2) is 0 Å². The zero-order chi connectivity index (χ0) is 15.0. The lowest BCUT2D eigenvalue weighted by Crippen LogP contribution is -2.24. The summed E-state index contributed by atoms with van der Waals surface area (Å²) >= 11 is 0. The number of allylic oxidation sites excluding steroid dienone is 3. The maximum Gasteiger partial charge on any atom is 0.224 e. The molecule has 1 fully saturated rings. The van der Waals surface area contributed by atoms with Gasteiger partial charge in [-0.3, -0.25) is 4.79 Å². The summed E-state index contributed by atoms with van der Waals surface area (Å²) in [7, 11) is 0. The first-order chi connectivity index (χ1) is 8.61. The first-order valence-corrected chi connectivity index (χ1v) is 6.16. The smallest absolute Gasteiger partial charge is 0.224 e. The number of carbonyl (C=O) groups excluding carboxylic acids is 2. The molecule has 1 heterocycles. The van der Waals surface area contributed by atoms with E-state index in [1.54, 1.807) is 0 Å². The van der Waals surface area contributed by atoms with Crippen molar-refractivity contribution in [2.75, 3.05) is 13.1 Å². The van der Waals surface area contributed by atoms with Gasteiger partial charge in [0.1, 0.15) is 6.79 Å². The molecule has 0 aliphatic carbocycles. The van der Waals surface area contributed by atoms with Gasteiger partial charge < -0.3 is 15.8 Å². The van der Waals surface area contributed by atoms with Gasteiger partial charge in [-0.1, -0.05) is 38.2 Å². The average Bonchev–Trinajstić information content (AvgIpc) is 2.80. The Labute approximate surface area is 111 Å². The Bertz CT molecular complexity index is 238. The molecule has 0 spiro atoms. The number of carbonyl (C=O) groups is 2. The lowest BCUT2D eigenvalue weighted by molar-refractivity contribution is -0.122. The highest BCUT2D eigenvalue weighted by Gasteiger charge is 2.21. The van der Waals surface area contributed by atoms with Gasteiger partial charge in [0, 0.05) is 13.1 Å². The van der Waals surface area contributed by atoms with Crippen molar-refractivity contribution in [3.8, 4) is 0 Å². The fourth-order valence-electron chi connectivity index (χ4n) is 1.15. The van der Waals surface area contributed by atoms with E-state index < -0.39 is 0 Å². The van der Waals surface area contributed by atoms with Crippen molar-refractivity contribution in [2.24, 2.45) is 11.7 Å². The van der Waals surface area contributed by atoms with Crippen LogP contribution in [-0.2, 0) is 9.59 Å². The molecule has 0 aromatic heterocycles. The van der Waals surface area contributed by atoms with Gasteiger partial charge in [-0.15, -0.1) is 0 Å². The average molecular weight is 256 g/mol. The van der Waals surface area contributed by atoms with Crippen LogP contribution < -0.4 is 11.1 Å². The molecule has 0 saturated carbocycles. The molecule has 1 saturated heterocycles. The summed E-state index contributed by atoms with van der Waals surface area (Å²) in [5.41, 5.74) is 6.37. The summed E-state index contributed by atoms with van der Waals surface area (Å²) in [6.45, 7) is 14.9. The summed E-state index contributed by atoms with van der Waals surface area (Å²) in [5, 5.41) is 2.70. The van der Waals surface area contributed by atoms with Crippen LogP contribution in [0.4, 0.5) is 0 Å². The number of hydrogen-bond acceptors (Lipinski definition) is 3. The molecule has 18 heavy (non-hydrogen) atoms. The SMILES string of the molecule is C=C(C)/C=C\C.C=O.CC.NC[C@@H]1CCNC1=O. The molecule has 0 radical (unpaired) electrons. The van der Waals surface area contributed by atoms with Crippen LogP contribution >= 0.6 is 0 Å². The molecule has 1 aliphatic rings. The summed E-state index contributed by atoms with van der Waals surface area (Å²) in [4.78, 5) is 18.6. The van der Waals surface area contributed by atoms with Gasteiger partial charge in [-0.05, 0) is 20.3 Å². The molecule has 0 bridgehead atoms. The lowest BCUT2D eigenvalue weighted by atomic mass is 10.1. The predicted molar refractivity (Wildman–Crippen MR) is 78.3 cm³/mol. The van der Waals surface area contributed by atoms with Crippen LogP contribution in [0.5, 0.6) is 0 Å². The minimum Gasteiger partial charge on any atom is -0.356 e. The van der Waals surface area contributed by atoms with Gasteiger partial charge in [0.2, 0.25) is 5.91 Å². The van der Waals surface area contributed by atoms with Crippen molar-refractivity contribution in [2.45, 2.75) is 34.1 Å². The Balaban J connectivity index is -0.000000201. The zero-order valence-electron chi connectivity index (χ0n) is 12.2. The summed E-state index contributed by atoms with van der Waals surface area (Å²) in [5.74, 6) is 0.211. The molecular weight excluding hydrogens is 228 g/mol. The van der Waals surface area contributed by atoms with Crippen LogP contribution in [0.25, 0.3) is 0 Å². The maximum atomic E-state index is 10.6. The van der Waals surface area contributed by atoms with Crippen molar-refractivity contribution < 1.29 is 9.59 Å². The van der Waals surface area contributed by atoms with E-state index in [9.17, 15) is 4.79 Å². The third-order valence-electron chi connectivity index (χ3n) is 1.90. The standard InChI is InChI=1S/C6H10.C5H10N2O.C2H6.CH2O/c1-4-5-6(2)3;6-3-4-1-2-7-5(4)8;2*1-2/h4-5H,2H2,1,3H3;4H,1-3,6H2,(H,7,8);1-2H3;1H2/b5-4-;;;/t;4-;;/m.0../s1. The predicted octanol–water partition coefficient (Wildman–Crippen LogP) is 2.06. The third-order valence-corrected chi connectivity index (χ3v) is 1.90. The molecule has 0 aromatic carbocycles. The van der Waals surface area contributed by atoms with Crippen molar-refractivity contribution in [3.05, 3.63) is 24.3 Å². The molecule has 106 valence electrons. The van der Waals surface area contributed by atoms with Crippen LogP contribution in [0, 0.1) is 5.92 Å². The fourth-order valence-corrected chi connectivity index (χ4v) is 1.15. The van der Waals surface area contributed by atoms with E-state index in [0.717, 1.165) is 18.5 Å². The van der Waals surface area contributed by atoms with E-state index >= 15 is 0 Å². The molecule has 4 heteroatoms. The van der Waals surface area contributed by atoms with Crippen LogP contribution in [0.3, 0.4) is 0 Å². The third kappa shape index (κ3) is 14.6. The summed E-state index contributed by atoms with van der Waals surface area (Å²) in [6.07, 6.45) is 4.86. The normalized spacial score (nSPS) is 16.3. The van der Waals surface area contributed by atoms with Gasteiger partial charge in [0.05, 0.1) is 5.92 Å². The Morgan fingerprint density at radius 3 is 2.11 bits per heavy atom. The van der Waals surface area contributed by atoms with Gasteiger partial charge in [0.25, 0.3) is 0 Å². The highest BCUT2D eigenvalue weighted by atomic mass is 16.2. The van der Waals surface area contributed by atoms with Crippen molar-refractivity contribution >= 4 is 12.7 Å². The van der Waals surface area contributed by atoms with Crippen LogP contribution in [0.1, 0.15) is 34.1 Å². The van der Waals surface area contributed by atoms with Crippen molar-refractivity contribution in [1.82, 2.24) is 5.32 Å². The van der Waals surface area contributed by atoms with Crippen LogP contribution in [0.15, 0.2) is 24.3 Å². The lowest BCUT2D eigenvalue weighted by Gasteiger charge is -1.97. The first-order valence-electron chi connectivity index (χ1n) is 6.16. The van der Waals surface area contributed by atoms with Gasteiger partial charge in [-0.2, -0.15) is 0 Å². The number of nitrogens with two attached hydrogens (primary N) is 1. The molecule has 1 amide bonds. The molecule has 1 aliphatic heterocycles. The Kier molecular flexibility index (Phi) is 21.8. The van der Waals surface area contributed by atoms with E-state index in [2.05, 4.69) is 11.9 Å². The van der Waals surface area contributed by atoms with Crippen molar-refractivity contribution in [1.29, 1.82) is 0 Å². The second-order valence-corrected chi connectivity index (χ2v) is 3.36.